The van der Waals surface area contributed by atoms with Crippen LogP contribution in [0.1, 0.15) is 31.6 Å². The van der Waals surface area contributed by atoms with Gasteiger partial charge in [-0.3, -0.25) is 4.90 Å². The summed E-state index contributed by atoms with van der Waals surface area (Å²) >= 11 is 0.305. The van der Waals surface area contributed by atoms with Crippen LogP contribution in [-0.2, 0) is 17.1 Å². The number of carbonyl (C=O) groups is 1. The zero-order valence-corrected chi connectivity index (χ0v) is 19.1. The highest BCUT2D eigenvalue weighted by Crippen LogP contribution is 2.43. The van der Waals surface area contributed by atoms with Gasteiger partial charge in [0.2, 0.25) is 10.8 Å². The van der Waals surface area contributed by atoms with Crippen molar-refractivity contribution in [2.75, 3.05) is 31.1 Å². The Kier molecular flexibility index (Phi) is 6.99. The summed E-state index contributed by atoms with van der Waals surface area (Å²) in [4.78, 5) is 25.2. The van der Waals surface area contributed by atoms with Crippen LogP contribution in [0.5, 0.6) is 0 Å². The van der Waals surface area contributed by atoms with Crippen LogP contribution in [-0.4, -0.2) is 68.9 Å². The Balaban J connectivity index is 1.93. The number of ether oxygens (including phenoxy) is 1. The Morgan fingerprint density at radius 1 is 1.12 bits per heavy atom. The van der Waals surface area contributed by atoms with Gasteiger partial charge in [-0.05, 0) is 20.8 Å². The molecule has 15 heteroatoms. The van der Waals surface area contributed by atoms with Gasteiger partial charge in [-0.2, -0.15) is 26.3 Å². The van der Waals surface area contributed by atoms with Crippen molar-refractivity contribution in [3.8, 4) is 11.3 Å². The molecule has 0 aromatic carbocycles. The van der Waals surface area contributed by atoms with Gasteiger partial charge in [-0.25, -0.2) is 19.7 Å². The molecule has 0 unspecified atom stereocenters. The molecule has 3 rings (SSSR count). The number of carbonyl (C=O) groups excluding carboxylic acids is 1. The Bertz CT molecular complexity index is 1020. The first kappa shape index (κ1) is 25.9. The van der Waals surface area contributed by atoms with Gasteiger partial charge in [0.25, 0.3) is 0 Å². The molecule has 0 radical (unpaired) electrons. The van der Waals surface area contributed by atoms with Crippen LogP contribution in [0.25, 0.3) is 11.3 Å². The number of hydrogen-bond acceptors (Lipinski definition) is 8. The van der Waals surface area contributed by atoms with Gasteiger partial charge in [0, 0.05) is 37.6 Å². The quantitative estimate of drug-likeness (QED) is 0.619. The van der Waals surface area contributed by atoms with Crippen LogP contribution < -0.4 is 4.90 Å². The van der Waals surface area contributed by atoms with Gasteiger partial charge in [-0.1, -0.05) is 11.3 Å². The predicted octanol–water partition coefficient (Wildman–Crippen LogP) is 4.06. The number of piperazine rings is 1. The molecule has 1 fully saturated rings. The molecule has 188 valence electrons. The van der Waals surface area contributed by atoms with Crippen molar-refractivity contribution >= 4 is 22.4 Å². The molecule has 1 amide bonds. The highest BCUT2D eigenvalue weighted by atomic mass is 32.1. The first-order chi connectivity index (χ1) is 15.6. The predicted molar refractivity (Wildman–Crippen MR) is 109 cm³/mol. The lowest BCUT2D eigenvalue weighted by molar-refractivity contribution is -0.145. The molecule has 3 heterocycles. The maximum Gasteiger partial charge on any atom is 0.451 e. The Labute approximate surface area is 194 Å². The Morgan fingerprint density at radius 2 is 1.74 bits per heavy atom. The molecule has 1 saturated heterocycles. The lowest BCUT2D eigenvalue weighted by Crippen LogP contribution is -2.57. The van der Waals surface area contributed by atoms with Crippen molar-refractivity contribution in [2.24, 2.45) is 0 Å². The van der Waals surface area contributed by atoms with E-state index in [0.717, 1.165) is 12.4 Å². The fourth-order valence-electron chi connectivity index (χ4n) is 3.19. The first-order valence-electron chi connectivity index (χ1n) is 9.93. The molecule has 1 aliphatic heterocycles. The highest BCUT2D eigenvalue weighted by Gasteiger charge is 2.40. The van der Waals surface area contributed by atoms with Crippen molar-refractivity contribution in [3.63, 3.8) is 0 Å². The van der Waals surface area contributed by atoms with Gasteiger partial charge < -0.3 is 14.7 Å². The van der Waals surface area contributed by atoms with Crippen molar-refractivity contribution < 1.29 is 41.0 Å². The number of rotatable bonds is 3. The summed E-state index contributed by atoms with van der Waals surface area (Å²) in [5.74, 6) is -1.43. The number of nitrogens with zero attached hydrogens (tertiary/aromatic N) is 5. The zero-order valence-electron chi connectivity index (χ0n) is 18.2. The van der Waals surface area contributed by atoms with E-state index in [1.165, 1.54) is 9.80 Å². The molecule has 1 atom stereocenters. The fraction of sp³-hybridized carbons (Fsp3) is 0.579. The molecule has 34 heavy (non-hydrogen) atoms. The number of aromatic nitrogens is 3. The molecule has 0 spiro atoms. The van der Waals surface area contributed by atoms with Crippen molar-refractivity contribution in [3.05, 3.63) is 23.2 Å². The molecule has 2 aromatic heterocycles. The van der Waals surface area contributed by atoms with Crippen LogP contribution >= 0.6 is 11.3 Å². The Morgan fingerprint density at radius 3 is 2.24 bits per heavy atom. The number of hydrogen-bond donors (Lipinski definition) is 1. The first-order valence-corrected chi connectivity index (χ1v) is 10.7. The second kappa shape index (κ2) is 9.17. The minimum Gasteiger partial charge on any atom is -0.444 e. The zero-order chi connectivity index (χ0) is 25.5. The lowest BCUT2D eigenvalue weighted by Gasteiger charge is -2.41. The maximum absolute atomic E-state index is 13.4. The molecule has 1 aliphatic rings. The number of halogens is 6. The molecule has 1 N–H and O–H groups in total. The number of thiazole rings is 1. The van der Waals surface area contributed by atoms with Crippen molar-refractivity contribution in [1.29, 1.82) is 0 Å². The van der Waals surface area contributed by atoms with E-state index >= 15 is 0 Å². The van der Waals surface area contributed by atoms with Crippen LogP contribution in [0.3, 0.4) is 0 Å². The topological polar surface area (TPSA) is 91.7 Å². The number of anilines is 1. The molecule has 0 aliphatic carbocycles. The Hall–Kier alpha value is -2.68. The summed E-state index contributed by atoms with van der Waals surface area (Å²) in [7, 11) is 0. The maximum atomic E-state index is 13.4. The third kappa shape index (κ3) is 5.87. The minimum absolute atomic E-state index is 0.0120. The number of aliphatic hydroxyl groups excluding tert-OH is 1. The lowest BCUT2D eigenvalue weighted by atomic mass is 10.1. The van der Waals surface area contributed by atoms with Crippen LogP contribution in [0, 0.1) is 0 Å². The molecular formula is C19H21F6N5O3S. The summed E-state index contributed by atoms with van der Waals surface area (Å²) in [6.07, 6.45) is -8.77. The van der Waals surface area contributed by atoms with E-state index in [1.54, 1.807) is 20.8 Å². The standard InChI is InChI=1S/C19H21F6N5O3S/c1-17(2,3)33-16(32)30-5-4-29(8-11(30)9-31)13-12(28-15(34-13)19(23,24)25)10-6-26-14(27-7-10)18(20,21)22/h6-7,11,31H,4-5,8-9H2,1-3H3/t11-/m1/s1. The number of alkyl halides is 6. The van der Waals surface area contributed by atoms with E-state index in [1.807, 2.05) is 0 Å². The summed E-state index contributed by atoms with van der Waals surface area (Å²) in [6, 6.07) is -0.795. The van der Waals surface area contributed by atoms with Crippen LogP contribution in [0.15, 0.2) is 12.4 Å². The SMILES string of the molecule is CC(C)(C)OC(=O)N1CCN(c2sc(C(F)(F)F)nc2-c2cnc(C(F)(F)F)nc2)C[C@@H]1CO. The molecular weight excluding hydrogens is 492 g/mol. The summed E-state index contributed by atoms with van der Waals surface area (Å²) in [5.41, 5.74) is -1.16. The van der Waals surface area contributed by atoms with Crippen LogP contribution in [0.4, 0.5) is 36.1 Å². The second-order valence-electron chi connectivity index (χ2n) is 8.42. The monoisotopic (exact) mass is 513 g/mol. The molecule has 8 nitrogen and oxygen atoms in total. The third-order valence-electron chi connectivity index (χ3n) is 4.64. The van der Waals surface area contributed by atoms with E-state index < -0.39 is 47.5 Å². The van der Waals surface area contributed by atoms with Gasteiger partial charge in [0.1, 0.15) is 16.3 Å². The number of amides is 1. The number of aliphatic hydroxyl groups is 1. The molecule has 0 bridgehead atoms. The van der Waals surface area contributed by atoms with E-state index in [0.29, 0.717) is 11.3 Å². The van der Waals surface area contributed by atoms with Crippen molar-refractivity contribution in [2.45, 2.75) is 44.8 Å². The fourth-order valence-corrected chi connectivity index (χ4v) is 4.18. The average molecular weight is 513 g/mol. The van der Waals surface area contributed by atoms with E-state index in [9.17, 15) is 36.2 Å². The normalized spacial score (nSPS) is 17.8. The molecule has 0 saturated carbocycles. The molecule has 2 aromatic rings. The summed E-state index contributed by atoms with van der Waals surface area (Å²) in [5, 5.41) is 8.62. The van der Waals surface area contributed by atoms with Gasteiger partial charge in [0.05, 0.1) is 12.6 Å². The van der Waals surface area contributed by atoms with E-state index in [4.69, 9.17) is 4.74 Å². The van der Waals surface area contributed by atoms with Crippen LogP contribution in [0.2, 0.25) is 0 Å². The highest BCUT2D eigenvalue weighted by molar-refractivity contribution is 7.16. The largest absolute Gasteiger partial charge is 0.451 e. The van der Waals surface area contributed by atoms with E-state index in [2.05, 4.69) is 15.0 Å². The van der Waals surface area contributed by atoms with Gasteiger partial charge in [0.15, 0.2) is 0 Å². The summed E-state index contributed by atoms with van der Waals surface area (Å²) < 4.78 is 83.8. The third-order valence-corrected chi connectivity index (χ3v) is 5.80. The van der Waals surface area contributed by atoms with Gasteiger partial charge >= 0.3 is 18.4 Å². The average Bonchev–Trinajstić information content (AvgIpc) is 3.17. The second-order valence-corrected chi connectivity index (χ2v) is 9.40. The van der Waals surface area contributed by atoms with Gasteiger partial charge in [-0.15, -0.1) is 0 Å². The minimum atomic E-state index is -4.81. The van der Waals surface area contributed by atoms with E-state index in [-0.39, 0.29) is 35.9 Å². The summed E-state index contributed by atoms with van der Waals surface area (Å²) in [6.45, 7) is 4.58. The smallest absolute Gasteiger partial charge is 0.444 e. The van der Waals surface area contributed by atoms with Crippen molar-refractivity contribution in [1.82, 2.24) is 19.9 Å².